The molecular weight excluding hydrogens is 740 g/mol. The van der Waals surface area contributed by atoms with E-state index in [0.29, 0.717) is 22.9 Å². The molecule has 0 aliphatic carbocycles. The van der Waals surface area contributed by atoms with Crippen LogP contribution in [0.5, 0.6) is 5.75 Å². The Morgan fingerprint density at radius 2 is 1.64 bits per heavy atom. The molecule has 0 spiro atoms. The number of rotatable bonds is 11. The summed E-state index contributed by atoms with van der Waals surface area (Å²) in [6.07, 6.45) is 1.22. The van der Waals surface area contributed by atoms with E-state index in [2.05, 4.69) is 56.6 Å². The second kappa shape index (κ2) is 19.0. The van der Waals surface area contributed by atoms with Crippen molar-refractivity contribution in [3.8, 4) is 5.75 Å². The number of carbonyl (C=O) groups excluding carboxylic acids is 4. The maximum Gasteiger partial charge on any atom is 0.347 e. The molecule has 2 heterocycles. The van der Waals surface area contributed by atoms with Crippen molar-refractivity contribution >= 4 is 43.7 Å². The van der Waals surface area contributed by atoms with Gasteiger partial charge in [0.25, 0.3) is 0 Å². The summed E-state index contributed by atoms with van der Waals surface area (Å²) in [6.45, 7) is 19.0. The first-order chi connectivity index (χ1) is 25.8. The van der Waals surface area contributed by atoms with Crippen molar-refractivity contribution in [2.45, 2.75) is 123 Å². The summed E-state index contributed by atoms with van der Waals surface area (Å²) in [7, 11) is -0.388. The van der Waals surface area contributed by atoms with Gasteiger partial charge in [0.2, 0.25) is 11.8 Å². The normalized spacial score (nSPS) is 25.1. The topological polar surface area (TPSA) is 142 Å². The lowest BCUT2D eigenvalue weighted by Crippen LogP contribution is -2.49. The summed E-state index contributed by atoms with van der Waals surface area (Å²) < 4.78 is 29.7. The second-order valence-electron chi connectivity index (χ2n) is 16.7. The van der Waals surface area contributed by atoms with Gasteiger partial charge in [0.05, 0.1) is 30.8 Å². The molecule has 2 aromatic rings. The highest BCUT2D eigenvalue weighted by atomic mass is 35.5. The third-order valence-electron chi connectivity index (χ3n) is 10.7. The lowest BCUT2D eigenvalue weighted by atomic mass is 9.93. The van der Waals surface area contributed by atoms with Crippen LogP contribution in [0.2, 0.25) is 23.2 Å². The highest BCUT2D eigenvalue weighted by molar-refractivity contribution is 6.74. The van der Waals surface area contributed by atoms with Crippen LogP contribution in [0.1, 0.15) is 84.1 Å². The average molecular weight is 799 g/mol. The minimum absolute atomic E-state index is 0.0176. The zero-order chi connectivity index (χ0) is 40.7. The van der Waals surface area contributed by atoms with Crippen LogP contribution in [0.4, 0.5) is 0 Å². The molecule has 302 valence electrons. The van der Waals surface area contributed by atoms with Crippen LogP contribution < -0.4 is 15.4 Å². The molecule has 2 aliphatic rings. The summed E-state index contributed by atoms with van der Waals surface area (Å²) in [5.74, 6) is -2.88. The Bertz CT molecular complexity index is 1690. The molecule has 11 nitrogen and oxygen atoms in total. The van der Waals surface area contributed by atoms with Crippen molar-refractivity contribution in [3.05, 3.63) is 76.3 Å². The third-order valence-corrected chi connectivity index (χ3v) is 15.5. The van der Waals surface area contributed by atoms with Gasteiger partial charge in [-0.1, -0.05) is 96.5 Å². The molecule has 0 aromatic heterocycles. The third kappa shape index (κ3) is 12.4. The largest absolute Gasteiger partial charge is 0.495 e. The first-order valence-corrected chi connectivity index (χ1v) is 22.4. The number of esters is 2. The van der Waals surface area contributed by atoms with E-state index in [1.54, 1.807) is 31.2 Å². The highest BCUT2D eigenvalue weighted by Gasteiger charge is 2.48. The van der Waals surface area contributed by atoms with Crippen molar-refractivity contribution in [2.24, 2.45) is 17.8 Å². The number of methoxy groups -OCH3 is 1. The van der Waals surface area contributed by atoms with Crippen LogP contribution in [0.25, 0.3) is 0 Å². The van der Waals surface area contributed by atoms with Gasteiger partial charge in [0, 0.05) is 25.3 Å². The lowest BCUT2D eigenvalue weighted by Gasteiger charge is -2.36. The molecule has 4 rings (SSSR count). The van der Waals surface area contributed by atoms with E-state index in [4.69, 9.17) is 35.0 Å². The van der Waals surface area contributed by atoms with Crippen LogP contribution in [0.15, 0.2) is 54.6 Å². The Morgan fingerprint density at radius 3 is 2.25 bits per heavy atom. The van der Waals surface area contributed by atoms with Crippen molar-refractivity contribution in [2.75, 3.05) is 13.7 Å². The molecule has 2 aliphatic heterocycles. The summed E-state index contributed by atoms with van der Waals surface area (Å²) in [4.78, 5) is 53.6. The van der Waals surface area contributed by atoms with Gasteiger partial charge >= 0.3 is 11.9 Å². The van der Waals surface area contributed by atoms with E-state index in [1.807, 2.05) is 32.9 Å². The molecule has 0 saturated carbocycles. The highest BCUT2D eigenvalue weighted by Crippen LogP contribution is 2.45. The van der Waals surface area contributed by atoms with Crippen molar-refractivity contribution in [1.82, 2.24) is 10.6 Å². The fraction of sp³-hybridized carbons (Fsp3) is 0.571. The zero-order valence-electron chi connectivity index (χ0n) is 33.9. The maximum absolute atomic E-state index is 13.7. The first-order valence-electron chi connectivity index (χ1n) is 19.2. The van der Waals surface area contributed by atoms with Crippen molar-refractivity contribution in [1.29, 1.82) is 0 Å². The average Bonchev–Trinajstić information content (AvgIpc) is 3.92. The number of nitrogens with one attached hydrogen (secondary N) is 2. The molecule has 1 fully saturated rings. The van der Waals surface area contributed by atoms with Gasteiger partial charge in [0.15, 0.2) is 14.4 Å². The van der Waals surface area contributed by atoms with Gasteiger partial charge in [-0.15, -0.1) is 0 Å². The molecule has 2 N–H and O–H groups in total. The summed E-state index contributed by atoms with van der Waals surface area (Å²) >= 11 is 6.34. The second-order valence-corrected chi connectivity index (χ2v) is 21.9. The number of epoxide rings is 1. The number of benzene rings is 2. The Morgan fingerprint density at radius 1 is 0.964 bits per heavy atom. The van der Waals surface area contributed by atoms with E-state index in [-0.39, 0.29) is 54.9 Å². The van der Waals surface area contributed by atoms with Crippen molar-refractivity contribution < 1.29 is 42.6 Å². The molecule has 55 heavy (non-hydrogen) atoms. The van der Waals surface area contributed by atoms with Crippen LogP contribution in [-0.4, -0.2) is 70.1 Å². The van der Waals surface area contributed by atoms with Gasteiger partial charge in [-0.2, -0.15) is 0 Å². The molecule has 13 heteroatoms. The van der Waals surface area contributed by atoms with Crippen LogP contribution in [0, 0.1) is 17.8 Å². The van der Waals surface area contributed by atoms with Gasteiger partial charge < -0.3 is 34.0 Å². The lowest BCUT2D eigenvalue weighted by molar-refractivity contribution is -0.176. The van der Waals surface area contributed by atoms with Crippen LogP contribution in [-0.2, 0) is 50.8 Å². The fourth-order valence-electron chi connectivity index (χ4n) is 6.03. The predicted molar refractivity (Wildman–Crippen MR) is 214 cm³/mol. The Balaban J connectivity index is 1.53. The van der Waals surface area contributed by atoms with Gasteiger partial charge in [-0.3, -0.25) is 14.4 Å². The molecule has 1 saturated heterocycles. The Kier molecular flexibility index (Phi) is 15.2. The minimum atomic E-state index is -1.90. The number of amides is 2. The SMILES string of the molecule is COc1ccc(C[C@H]2NC(=O)C=CC[C@@H]([C@H](C)[C@H]3O[C@@H]3c3ccc(CO[Si](C)(C)C(C)(C)C)cc3)OC(=O)[C@H](CC(C)C)OC(=O)[C@H](C)CNC2=O)cc1Cl. The number of cyclic esters (lactones) is 2. The maximum atomic E-state index is 13.7. The van der Waals surface area contributed by atoms with Gasteiger partial charge in [-0.25, -0.2) is 4.79 Å². The summed E-state index contributed by atoms with van der Waals surface area (Å²) in [6, 6.07) is 12.4. The van der Waals surface area contributed by atoms with E-state index >= 15 is 0 Å². The van der Waals surface area contributed by atoms with E-state index in [0.717, 1.165) is 11.1 Å². The number of halogens is 1. The van der Waals surface area contributed by atoms with Gasteiger partial charge in [-0.05, 0) is 65.4 Å². The van der Waals surface area contributed by atoms with Crippen LogP contribution in [0.3, 0.4) is 0 Å². The summed E-state index contributed by atoms with van der Waals surface area (Å²) in [5, 5.41) is 6.01. The molecule has 2 aromatic carbocycles. The van der Waals surface area contributed by atoms with Gasteiger partial charge in [0.1, 0.15) is 24.0 Å². The van der Waals surface area contributed by atoms with E-state index in [9.17, 15) is 19.2 Å². The van der Waals surface area contributed by atoms with Crippen LogP contribution >= 0.6 is 11.6 Å². The molecule has 0 bridgehead atoms. The Hall–Kier alpha value is -3.71. The predicted octanol–water partition coefficient (Wildman–Crippen LogP) is 7.26. The van der Waals surface area contributed by atoms with Crippen molar-refractivity contribution in [3.63, 3.8) is 0 Å². The number of ether oxygens (including phenoxy) is 4. The minimum Gasteiger partial charge on any atom is -0.495 e. The smallest absolute Gasteiger partial charge is 0.347 e. The molecule has 7 atom stereocenters. The quantitative estimate of drug-likeness (QED) is 0.137. The molecule has 0 unspecified atom stereocenters. The zero-order valence-corrected chi connectivity index (χ0v) is 35.7. The molecule has 2 amide bonds. The summed E-state index contributed by atoms with van der Waals surface area (Å²) in [5.41, 5.74) is 2.79. The standard InChI is InChI=1S/C42H59ClN2O9Si/c1-25(2)20-35-41(49)52-33(27(4)37-38(54-37)30-17-14-28(15-18-30)24-51-55(9,10)42(5,6)7)12-11-13-36(46)45-32(39(47)44-23-26(3)40(48)53-35)22-29-16-19-34(50-8)31(43)21-29/h11,13-19,21,25-27,32-33,35,37-38H,12,20,22-24H2,1-10H3,(H,44,47)(H,45,46)/t26-,27+,32-,33+,35+,37-,38-/m1/s1. The van der Waals surface area contributed by atoms with E-state index in [1.165, 1.54) is 13.2 Å². The number of hydrogen-bond acceptors (Lipinski definition) is 9. The molecular formula is C42H59ClN2O9Si. The fourth-order valence-corrected chi connectivity index (χ4v) is 7.27. The first kappa shape index (κ1) is 44.0. The Labute approximate surface area is 332 Å². The number of carbonyl (C=O) groups is 4. The number of hydrogen-bond donors (Lipinski definition) is 2. The molecule has 0 radical (unpaired) electrons. The van der Waals surface area contributed by atoms with E-state index < -0.39 is 56.2 Å². The monoisotopic (exact) mass is 798 g/mol.